The molecule has 1 saturated heterocycles. The molecule has 0 bridgehead atoms. The van der Waals surface area contributed by atoms with Crippen molar-refractivity contribution in [2.24, 2.45) is 0 Å². The molecule has 0 saturated carbocycles. The molecule has 0 radical (unpaired) electrons. The second-order valence-corrected chi connectivity index (χ2v) is 3.33. The predicted octanol–water partition coefficient (Wildman–Crippen LogP) is -0.0806. The summed E-state index contributed by atoms with van der Waals surface area (Å²) in [6.45, 7) is 2.56. The lowest BCUT2D eigenvalue weighted by Gasteiger charge is -2.19. The maximum absolute atomic E-state index is 5.46. The first-order valence-corrected chi connectivity index (χ1v) is 5.06. The van der Waals surface area contributed by atoms with Crippen molar-refractivity contribution in [2.75, 3.05) is 33.4 Å². The third-order valence-corrected chi connectivity index (χ3v) is 2.18. The van der Waals surface area contributed by atoms with Crippen LogP contribution < -0.4 is 5.32 Å². The van der Waals surface area contributed by atoms with Crippen molar-refractivity contribution in [1.29, 1.82) is 0 Å². The highest BCUT2D eigenvalue weighted by Crippen LogP contribution is 2.17. The smallest absolute Gasteiger partial charge is 0.228 e. The molecule has 84 valence electrons. The maximum Gasteiger partial charge on any atom is 0.228 e. The van der Waals surface area contributed by atoms with Gasteiger partial charge >= 0.3 is 0 Å². The Morgan fingerprint density at radius 1 is 1.47 bits per heavy atom. The van der Waals surface area contributed by atoms with Crippen molar-refractivity contribution in [3.05, 3.63) is 11.7 Å². The van der Waals surface area contributed by atoms with Gasteiger partial charge in [0, 0.05) is 13.0 Å². The van der Waals surface area contributed by atoms with Crippen LogP contribution >= 0.6 is 0 Å². The quantitative estimate of drug-likeness (QED) is 0.754. The van der Waals surface area contributed by atoms with Crippen molar-refractivity contribution in [1.82, 2.24) is 15.5 Å². The first-order valence-electron chi connectivity index (χ1n) is 5.06. The second-order valence-electron chi connectivity index (χ2n) is 3.33. The van der Waals surface area contributed by atoms with E-state index < -0.39 is 0 Å². The summed E-state index contributed by atoms with van der Waals surface area (Å²) < 4.78 is 15.8. The van der Waals surface area contributed by atoms with Gasteiger partial charge in [0.15, 0.2) is 0 Å². The van der Waals surface area contributed by atoms with E-state index in [-0.39, 0.29) is 6.10 Å². The number of ether oxygens (including phenoxy) is 2. The zero-order valence-electron chi connectivity index (χ0n) is 8.73. The highest BCUT2D eigenvalue weighted by molar-refractivity contribution is 4.92. The highest BCUT2D eigenvalue weighted by Gasteiger charge is 2.21. The molecule has 1 aliphatic heterocycles. The van der Waals surface area contributed by atoms with Gasteiger partial charge in [-0.2, -0.15) is 4.98 Å². The lowest BCUT2D eigenvalue weighted by atomic mass is 10.3. The van der Waals surface area contributed by atoms with Crippen LogP contribution in [0, 0.1) is 0 Å². The molecule has 1 atom stereocenters. The molecule has 1 aromatic heterocycles. The van der Waals surface area contributed by atoms with Gasteiger partial charge < -0.3 is 19.3 Å². The van der Waals surface area contributed by atoms with Crippen LogP contribution in [0.2, 0.25) is 0 Å². The van der Waals surface area contributed by atoms with Gasteiger partial charge in [-0.15, -0.1) is 0 Å². The summed E-state index contributed by atoms with van der Waals surface area (Å²) in [7, 11) is 1.88. The van der Waals surface area contributed by atoms with E-state index in [0.29, 0.717) is 31.5 Å². The summed E-state index contributed by atoms with van der Waals surface area (Å²) >= 11 is 0. The van der Waals surface area contributed by atoms with E-state index in [9.17, 15) is 0 Å². The molecule has 1 fully saturated rings. The normalized spacial score (nSPS) is 21.8. The van der Waals surface area contributed by atoms with Gasteiger partial charge in [-0.25, -0.2) is 0 Å². The second kappa shape index (κ2) is 5.20. The molecule has 0 amide bonds. The van der Waals surface area contributed by atoms with Gasteiger partial charge in [-0.3, -0.25) is 0 Å². The van der Waals surface area contributed by atoms with Crippen molar-refractivity contribution < 1.29 is 14.0 Å². The summed E-state index contributed by atoms with van der Waals surface area (Å²) in [5, 5.41) is 6.90. The van der Waals surface area contributed by atoms with E-state index in [1.54, 1.807) is 0 Å². The Bertz CT molecular complexity index is 297. The minimum absolute atomic E-state index is 0.175. The molecular weight excluding hydrogens is 198 g/mol. The Hall–Kier alpha value is -0.980. The summed E-state index contributed by atoms with van der Waals surface area (Å²) in [4.78, 5) is 4.25. The van der Waals surface area contributed by atoms with Gasteiger partial charge in [0.1, 0.15) is 6.10 Å². The van der Waals surface area contributed by atoms with Crippen molar-refractivity contribution in [3.8, 4) is 0 Å². The van der Waals surface area contributed by atoms with Crippen LogP contribution in [0.25, 0.3) is 0 Å². The fourth-order valence-corrected chi connectivity index (χ4v) is 1.37. The first-order chi connectivity index (χ1) is 7.40. The fraction of sp³-hybridized carbons (Fsp3) is 0.778. The average molecular weight is 213 g/mol. The number of nitrogens with one attached hydrogen (secondary N) is 1. The Kier molecular flexibility index (Phi) is 3.65. The number of rotatable bonds is 4. The summed E-state index contributed by atoms with van der Waals surface area (Å²) in [5.74, 6) is 1.22. The molecule has 0 aliphatic carbocycles. The largest absolute Gasteiger partial charge is 0.376 e. The topological polar surface area (TPSA) is 69.4 Å². The van der Waals surface area contributed by atoms with E-state index in [0.717, 1.165) is 13.0 Å². The van der Waals surface area contributed by atoms with Crippen LogP contribution in [0.15, 0.2) is 4.52 Å². The number of aromatic nitrogens is 2. The number of hydrogen-bond donors (Lipinski definition) is 1. The van der Waals surface area contributed by atoms with E-state index in [4.69, 9.17) is 14.0 Å². The van der Waals surface area contributed by atoms with Gasteiger partial charge in [-0.1, -0.05) is 5.16 Å². The molecule has 1 N–H and O–H groups in total. The standard InChI is InChI=1S/C9H15N3O3/c1-10-3-2-8-11-9(12-15-8)7-6-13-4-5-14-7/h7,10H,2-6H2,1H3. The molecule has 0 aromatic carbocycles. The average Bonchev–Trinajstić information content (AvgIpc) is 2.76. The molecule has 1 unspecified atom stereocenters. The SMILES string of the molecule is CNCCc1nc(C2COCCO2)no1. The number of nitrogens with zero attached hydrogens (tertiary/aromatic N) is 2. The van der Waals surface area contributed by atoms with Crippen LogP contribution in [0.1, 0.15) is 17.8 Å². The molecule has 6 nitrogen and oxygen atoms in total. The zero-order valence-corrected chi connectivity index (χ0v) is 8.73. The molecule has 2 heterocycles. The predicted molar refractivity (Wildman–Crippen MR) is 51.4 cm³/mol. The monoisotopic (exact) mass is 213 g/mol. The highest BCUT2D eigenvalue weighted by atomic mass is 16.6. The minimum atomic E-state index is -0.175. The minimum Gasteiger partial charge on any atom is -0.376 e. The van der Waals surface area contributed by atoms with Crippen molar-refractivity contribution in [2.45, 2.75) is 12.5 Å². The van der Waals surface area contributed by atoms with Crippen LogP contribution in [0.5, 0.6) is 0 Å². The Balaban J connectivity index is 1.93. The third kappa shape index (κ3) is 2.74. The first kappa shape index (κ1) is 10.5. The van der Waals surface area contributed by atoms with Crippen molar-refractivity contribution in [3.63, 3.8) is 0 Å². The summed E-state index contributed by atoms with van der Waals surface area (Å²) in [6.07, 6.45) is 0.558. The lowest BCUT2D eigenvalue weighted by molar-refractivity contribution is -0.0941. The Morgan fingerprint density at radius 3 is 3.13 bits per heavy atom. The van der Waals surface area contributed by atoms with Gasteiger partial charge in [0.05, 0.1) is 19.8 Å². The Labute approximate surface area is 87.9 Å². The lowest BCUT2D eigenvalue weighted by Crippen LogP contribution is -2.22. The van der Waals surface area contributed by atoms with E-state index in [1.807, 2.05) is 7.05 Å². The van der Waals surface area contributed by atoms with Gasteiger partial charge in [0.25, 0.3) is 0 Å². The Morgan fingerprint density at radius 2 is 2.40 bits per heavy atom. The van der Waals surface area contributed by atoms with Crippen LogP contribution in [-0.4, -0.2) is 43.6 Å². The van der Waals surface area contributed by atoms with Gasteiger partial charge in [0.2, 0.25) is 11.7 Å². The summed E-state index contributed by atoms with van der Waals surface area (Å²) in [6, 6.07) is 0. The fourth-order valence-electron chi connectivity index (χ4n) is 1.37. The summed E-state index contributed by atoms with van der Waals surface area (Å²) in [5.41, 5.74) is 0. The molecular formula is C9H15N3O3. The third-order valence-electron chi connectivity index (χ3n) is 2.18. The molecule has 6 heteroatoms. The van der Waals surface area contributed by atoms with E-state index in [1.165, 1.54) is 0 Å². The maximum atomic E-state index is 5.46. The molecule has 1 aromatic rings. The van der Waals surface area contributed by atoms with Crippen LogP contribution in [-0.2, 0) is 15.9 Å². The molecule has 1 aliphatic rings. The molecule has 0 spiro atoms. The zero-order chi connectivity index (χ0) is 10.5. The molecule has 15 heavy (non-hydrogen) atoms. The number of hydrogen-bond acceptors (Lipinski definition) is 6. The van der Waals surface area contributed by atoms with Crippen molar-refractivity contribution >= 4 is 0 Å². The van der Waals surface area contributed by atoms with Crippen LogP contribution in [0.3, 0.4) is 0 Å². The van der Waals surface area contributed by atoms with Crippen LogP contribution in [0.4, 0.5) is 0 Å². The van der Waals surface area contributed by atoms with Gasteiger partial charge in [-0.05, 0) is 7.05 Å². The number of likely N-dealkylation sites (N-methyl/N-ethyl adjacent to an activating group) is 1. The molecule has 2 rings (SSSR count). The van der Waals surface area contributed by atoms with E-state index >= 15 is 0 Å². The van der Waals surface area contributed by atoms with E-state index in [2.05, 4.69) is 15.5 Å².